The minimum atomic E-state index is -0.217. The van der Waals surface area contributed by atoms with Crippen LogP contribution in [-0.4, -0.2) is 17.8 Å². The second-order valence-electron chi connectivity index (χ2n) is 2.53. The van der Waals surface area contributed by atoms with Crippen LogP contribution in [0.25, 0.3) is 0 Å². The summed E-state index contributed by atoms with van der Waals surface area (Å²) < 4.78 is 13.2. The predicted molar refractivity (Wildman–Crippen MR) is 59.9 cm³/mol. The zero-order valence-electron chi connectivity index (χ0n) is 7.42. The molecule has 0 unspecified atom stereocenters. The first-order valence-corrected chi connectivity index (χ1v) is 6.28. The second-order valence-corrected chi connectivity index (χ2v) is 4.65. The first kappa shape index (κ1) is 10.7. The summed E-state index contributed by atoms with van der Waals surface area (Å²) in [4.78, 5) is 0.684. The number of rotatable bonds is 4. The molecule has 0 saturated heterocycles. The van der Waals surface area contributed by atoms with E-state index in [9.17, 15) is 4.39 Å². The van der Waals surface area contributed by atoms with Crippen molar-refractivity contribution in [2.45, 2.75) is 4.90 Å². The molecule has 13 heavy (non-hydrogen) atoms. The van der Waals surface area contributed by atoms with E-state index >= 15 is 0 Å². The molecule has 1 aromatic rings. The average molecular weight is 217 g/mol. The Hall–Kier alpha value is -0.350. The molecule has 0 heterocycles. The Morgan fingerprint density at radius 3 is 2.77 bits per heavy atom. The van der Waals surface area contributed by atoms with Gasteiger partial charge in [-0.15, -0.1) is 11.8 Å². The van der Waals surface area contributed by atoms with Crippen molar-refractivity contribution in [3.8, 4) is 0 Å². The largest absolute Gasteiger partial charge is 0.399 e. The highest BCUT2D eigenvalue weighted by Crippen LogP contribution is 2.23. The van der Waals surface area contributed by atoms with Crippen LogP contribution >= 0.6 is 23.5 Å². The van der Waals surface area contributed by atoms with Gasteiger partial charge in [-0.3, -0.25) is 0 Å². The predicted octanol–water partition coefficient (Wildman–Crippen LogP) is 2.86. The van der Waals surface area contributed by atoms with Crippen LogP contribution in [0.2, 0.25) is 0 Å². The average Bonchev–Trinajstić information content (AvgIpc) is 2.09. The van der Waals surface area contributed by atoms with Gasteiger partial charge in [0.15, 0.2) is 0 Å². The van der Waals surface area contributed by atoms with Gasteiger partial charge < -0.3 is 5.73 Å². The standard InChI is InChI=1S/C9H12FNS2/c1-12-4-5-13-9-3-2-7(11)6-8(9)10/h2-3,6H,4-5,11H2,1H3. The van der Waals surface area contributed by atoms with E-state index in [0.717, 1.165) is 11.5 Å². The van der Waals surface area contributed by atoms with Gasteiger partial charge in [-0.05, 0) is 24.5 Å². The maximum absolute atomic E-state index is 13.2. The molecule has 0 saturated carbocycles. The Balaban J connectivity index is 2.56. The van der Waals surface area contributed by atoms with Crippen LogP contribution in [0, 0.1) is 5.82 Å². The fraction of sp³-hybridized carbons (Fsp3) is 0.333. The normalized spacial score (nSPS) is 10.3. The first-order chi connectivity index (χ1) is 6.24. The summed E-state index contributed by atoms with van der Waals surface area (Å²) in [6, 6.07) is 4.82. The van der Waals surface area contributed by atoms with Crippen LogP contribution in [0.1, 0.15) is 0 Å². The smallest absolute Gasteiger partial charge is 0.138 e. The number of nitrogens with two attached hydrogens (primary N) is 1. The Morgan fingerprint density at radius 1 is 1.38 bits per heavy atom. The Labute approximate surface area is 86.3 Å². The highest BCUT2D eigenvalue weighted by Gasteiger charge is 2.01. The maximum atomic E-state index is 13.2. The first-order valence-electron chi connectivity index (χ1n) is 3.91. The highest BCUT2D eigenvalue weighted by molar-refractivity contribution is 8.02. The molecule has 0 fully saturated rings. The van der Waals surface area contributed by atoms with E-state index in [2.05, 4.69) is 0 Å². The molecule has 0 atom stereocenters. The van der Waals surface area contributed by atoms with Crippen LogP contribution in [0.4, 0.5) is 10.1 Å². The molecule has 1 aromatic carbocycles. The van der Waals surface area contributed by atoms with Crippen LogP contribution in [0.5, 0.6) is 0 Å². The summed E-state index contributed by atoms with van der Waals surface area (Å²) in [6.45, 7) is 0. The molecule has 0 aliphatic carbocycles. The molecular formula is C9H12FNS2. The fourth-order valence-electron chi connectivity index (χ4n) is 0.869. The molecule has 0 radical (unpaired) electrons. The molecule has 0 aliphatic rings. The number of thioether (sulfide) groups is 2. The third kappa shape index (κ3) is 3.48. The number of halogens is 1. The van der Waals surface area contributed by atoms with Crippen LogP contribution in [0.3, 0.4) is 0 Å². The van der Waals surface area contributed by atoms with Gasteiger partial charge in [0.1, 0.15) is 5.82 Å². The number of hydrogen-bond acceptors (Lipinski definition) is 3. The Morgan fingerprint density at radius 2 is 2.15 bits per heavy atom. The molecule has 1 nitrogen and oxygen atoms in total. The number of hydrogen-bond donors (Lipinski definition) is 1. The van der Waals surface area contributed by atoms with E-state index in [4.69, 9.17) is 5.73 Å². The number of benzene rings is 1. The van der Waals surface area contributed by atoms with E-state index in [1.54, 1.807) is 23.9 Å². The summed E-state index contributed by atoms with van der Waals surface area (Å²) in [5, 5.41) is 0. The second kappa shape index (κ2) is 5.40. The van der Waals surface area contributed by atoms with Crippen LogP contribution in [-0.2, 0) is 0 Å². The Kier molecular flexibility index (Phi) is 4.45. The molecule has 4 heteroatoms. The topological polar surface area (TPSA) is 26.0 Å². The van der Waals surface area contributed by atoms with Crippen LogP contribution in [0.15, 0.2) is 23.1 Å². The van der Waals surface area contributed by atoms with Gasteiger partial charge in [0.25, 0.3) is 0 Å². The van der Waals surface area contributed by atoms with Crippen molar-refractivity contribution in [2.24, 2.45) is 0 Å². The van der Waals surface area contributed by atoms with Crippen molar-refractivity contribution < 1.29 is 4.39 Å². The summed E-state index contributed by atoms with van der Waals surface area (Å²) >= 11 is 3.29. The van der Waals surface area contributed by atoms with Gasteiger partial charge in [0.05, 0.1) is 0 Å². The maximum Gasteiger partial charge on any atom is 0.138 e. The van der Waals surface area contributed by atoms with Gasteiger partial charge in [0.2, 0.25) is 0 Å². The lowest BCUT2D eigenvalue weighted by atomic mass is 10.3. The van der Waals surface area contributed by atoms with Gasteiger partial charge in [-0.25, -0.2) is 4.39 Å². The molecule has 0 amide bonds. The lowest BCUT2D eigenvalue weighted by Gasteiger charge is -2.02. The third-order valence-electron chi connectivity index (χ3n) is 1.50. The van der Waals surface area contributed by atoms with Crippen molar-refractivity contribution in [1.82, 2.24) is 0 Å². The molecule has 72 valence electrons. The zero-order chi connectivity index (χ0) is 9.68. The molecule has 0 bridgehead atoms. The van der Waals surface area contributed by atoms with Crippen LogP contribution < -0.4 is 5.73 Å². The summed E-state index contributed by atoms with van der Waals surface area (Å²) in [5.74, 6) is 1.75. The summed E-state index contributed by atoms with van der Waals surface area (Å²) in [5.41, 5.74) is 5.91. The van der Waals surface area contributed by atoms with Gasteiger partial charge >= 0.3 is 0 Å². The van der Waals surface area contributed by atoms with Gasteiger partial charge in [-0.2, -0.15) is 11.8 Å². The monoisotopic (exact) mass is 217 g/mol. The van der Waals surface area contributed by atoms with Crippen molar-refractivity contribution >= 4 is 29.2 Å². The SMILES string of the molecule is CSCCSc1ccc(N)cc1F. The number of anilines is 1. The van der Waals surface area contributed by atoms with E-state index < -0.39 is 0 Å². The molecule has 2 N–H and O–H groups in total. The molecule has 0 spiro atoms. The molecule has 0 aliphatic heterocycles. The highest BCUT2D eigenvalue weighted by atomic mass is 32.2. The molecule has 1 rings (SSSR count). The minimum Gasteiger partial charge on any atom is -0.399 e. The Bertz CT molecular complexity index is 278. The van der Waals surface area contributed by atoms with E-state index in [-0.39, 0.29) is 5.82 Å². The fourth-order valence-corrected chi connectivity index (χ4v) is 2.45. The lowest BCUT2D eigenvalue weighted by molar-refractivity contribution is 0.603. The number of nitrogen functional groups attached to an aromatic ring is 1. The van der Waals surface area contributed by atoms with E-state index in [1.165, 1.54) is 17.8 Å². The quantitative estimate of drug-likeness (QED) is 0.477. The lowest BCUT2D eigenvalue weighted by Crippen LogP contribution is -1.89. The van der Waals surface area contributed by atoms with Gasteiger partial charge in [-0.1, -0.05) is 0 Å². The molecule has 0 aromatic heterocycles. The summed E-state index contributed by atoms with van der Waals surface area (Å²) in [6.07, 6.45) is 2.04. The van der Waals surface area contributed by atoms with Crippen molar-refractivity contribution in [2.75, 3.05) is 23.5 Å². The van der Waals surface area contributed by atoms with Crippen molar-refractivity contribution in [1.29, 1.82) is 0 Å². The zero-order valence-corrected chi connectivity index (χ0v) is 9.05. The minimum absolute atomic E-state index is 0.217. The van der Waals surface area contributed by atoms with E-state index in [0.29, 0.717) is 10.6 Å². The summed E-state index contributed by atoms with van der Waals surface area (Å²) in [7, 11) is 0. The van der Waals surface area contributed by atoms with Crippen molar-refractivity contribution in [3.05, 3.63) is 24.0 Å². The van der Waals surface area contributed by atoms with Gasteiger partial charge in [0, 0.05) is 22.1 Å². The third-order valence-corrected chi connectivity index (χ3v) is 3.42. The molecular weight excluding hydrogens is 205 g/mol. The van der Waals surface area contributed by atoms with Crippen molar-refractivity contribution in [3.63, 3.8) is 0 Å². The van der Waals surface area contributed by atoms with E-state index in [1.807, 2.05) is 6.26 Å².